The summed E-state index contributed by atoms with van der Waals surface area (Å²) in [6, 6.07) is 10.9. The lowest BCUT2D eigenvalue weighted by Crippen LogP contribution is -2.49. The number of rotatable bonds is 7. The number of amides is 2. The number of nitrogens with zero attached hydrogens (tertiary/aromatic N) is 2. The number of benzene rings is 2. The van der Waals surface area contributed by atoms with E-state index in [4.69, 9.17) is 9.47 Å². The van der Waals surface area contributed by atoms with Crippen LogP contribution in [0.25, 0.3) is 0 Å². The van der Waals surface area contributed by atoms with Crippen molar-refractivity contribution in [1.82, 2.24) is 15.1 Å². The minimum Gasteiger partial charge on any atom is -0.493 e. The summed E-state index contributed by atoms with van der Waals surface area (Å²) in [5.41, 5.74) is 1.30. The van der Waals surface area contributed by atoms with E-state index in [9.17, 15) is 14.0 Å². The Balaban J connectivity index is 1.65. The first-order valence-corrected chi connectivity index (χ1v) is 10.4. The average molecular weight is 445 g/mol. The normalized spacial score (nSPS) is 15.6. The van der Waals surface area contributed by atoms with Crippen molar-refractivity contribution in [1.29, 1.82) is 0 Å². The van der Waals surface area contributed by atoms with E-state index in [0.29, 0.717) is 17.2 Å². The molecule has 0 radical (unpaired) electrons. The number of methoxy groups -OCH3 is 2. The predicted octanol–water partition coefficient (Wildman–Crippen LogP) is 1.89. The van der Waals surface area contributed by atoms with E-state index in [0.717, 1.165) is 31.7 Å². The third kappa shape index (κ3) is 5.95. The van der Waals surface area contributed by atoms with Crippen LogP contribution in [-0.4, -0.2) is 75.6 Å². The minimum absolute atomic E-state index is 0.165. The van der Waals surface area contributed by atoms with Gasteiger partial charge in [-0.05, 0) is 36.9 Å². The molecule has 2 aromatic carbocycles. The smallest absolute Gasteiger partial charge is 0.313 e. The van der Waals surface area contributed by atoms with E-state index >= 15 is 0 Å². The summed E-state index contributed by atoms with van der Waals surface area (Å²) in [6.07, 6.45) is 0. The molecular formula is C23H29FN4O4. The molecule has 9 heteroatoms. The molecule has 1 atom stereocenters. The highest BCUT2D eigenvalue weighted by molar-refractivity contribution is 6.39. The maximum atomic E-state index is 13.4. The first-order valence-electron chi connectivity index (χ1n) is 10.4. The fourth-order valence-corrected chi connectivity index (χ4v) is 3.65. The Hall–Kier alpha value is -3.17. The Kier molecular flexibility index (Phi) is 8.02. The summed E-state index contributed by atoms with van der Waals surface area (Å²) in [5, 5.41) is 5.29. The highest BCUT2D eigenvalue weighted by Crippen LogP contribution is 2.29. The Bertz CT molecular complexity index is 930. The molecule has 0 saturated carbocycles. The molecule has 1 fully saturated rings. The largest absolute Gasteiger partial charge is 0.493 e. The minimum atomic E-state index is -0.784. The molecule has 1 heterocycles. The van der Waals surface area contributed by atoms with Crippen LogP contribution in [0.15, 0.2) is 42.5 Å². The van der Waals surface area contributed by atoms with Gasteiger partial charge in [0.1, 0.15) is 5.82 Å². The Labute approximate surface area is 187 Å². The van der Waals surface area contributed by atoms with Crippen LogP contribution in [0.5, 0.6) is 11.5 Å². The van der Waals surface area contributed by atoms with E-state index in [1.807, 2.05) is 0 Å². The van der Waals surface area contributed by atoms with Crippen molar-refractivity contribution in [2.75, 3.05) is 59.3 Å². The number of hydrogen-bond acceptors (Lipinski definition) is 6. The lowest BCUT2D eigenvalue weighted by molar-refractivity contribution is -0.136. The maximum Gasteiger partial charge on any atom is 0.313 e. The van der Waals surface area contributed by atoms with Gasteiger partial charge in [-0.1, -0.05) is 12.1 Å². The molecule has 1 saturated heterocycles. The zero-order chi connectivity index (χ0) is 23.1. The molecule has 1 aliphatic heterocycles. The van der Waals surface area contributed by atoms with Gasteiger partial charge in [-0.2, -0.15) is 0 Å². The van der Waals surface area contributed by atoms with Crippen LogP contribution in [0.1, 0.15) is 11.6 Å². The summed E-state index contributed by atoms with van der Waals surface area (Å²) in [4.78, 5) is 29.4. The zero-order valence-electron chi connectivity index (χ0n) is 18.6. The second kappa shape index (κ2) is 10.9. The van der Waals surface area contributed by atoms with Gasteiger partial charge in [-0.3, -0.25) is 14.5 Å². The fourth-order valence-electron chi connectivity index (χ4n) is 3.65. The third-order valence-electron chi connectivity index (χ3n) is 5.54. The average Bonchev–Trinajstić information content (AvgIpc) is 2.81. The van der Waals surface area contributed by atoms with Crippen molar-refractivity contribution < 1.29 is 23.5 Å². The van der Waals surface area contributed by atoms with Gasteiger partial charge in [0.15, 0.2) is 11.5 Å². The number of likely N-dealkylation sites (N-methyl/N-ethyl adjacent to an activating group) is 1. The topological polar surface area (TPSA) is 83.1 Å². The molecule has 1 aliphatic rings. The lowest BCUT2D eigenvalue weighted by atomic mass is 10.0. The molecule has 2 aromatic rings. The van der Waals surface area contributed by atoms with Crippen molar-refractivity contribution in [2.45, 2.75) is 6.04 Å². The summed E-state index contributed by atoms with van der Waals surface area (Å²) in [5.74, 6) is -0.889. The molecule has 2 amide bonds. The van der Waals surface area contributed by atoms with Crippen LogP contribution in [0, 0.1) is 5.82 Å². The molecule has 0 spiro atoms. The van der Waals surface area contributed by atoms with Crippen molar-refractivity contribution in [3.63, 3.8) is 0 Å². The van der Waals surface area contributed by atoms with Crippen molar-refractivity contribution in [3.05, 3.63) is 53.8 Å². The third-order valence-corrected chi connectivity index (χ3v) is 5.54. The first kappa shape index (κ1) is 23.5. The highest BCUT2D eigenvalue weighted by Gasteiger charge is 2.25. The van der Waals surface area contributed by atoms with E-state index in [1.165, 1.54) is 26.4 Å². The van der Waals surface area contributed by atoms with Gasteiger partial charge in [0, 0.05) is 44.5 Å². The highest BCUT2D eigenvalue weighted by atomic mass is 19.1. The first-order chi connectivity index (χ1) is 15.4. The SMILES string of the molecule is COc1ccc(NC(=O)C(=O)NC[C@H](c2ccc(F)cc2)N2CCN(C)CC2)cc1OC. The van der Waals surface area contributed by atoms with Crippen molar-refractivity contribution in [3.8, 4) is 11.5 Å². The van der Waals surface area contributed by atoms with E-state index in [1.54, 1.807) is 30.3 Å². The summed E-state index contributed by atoms with van der Waals surface area (Å²) in [7, 11) is 5.07. The van der Waals surface area contributed by atoms with Gasteiger partial charge in [0.25, 0.3) is 0 Å². The van der Waals surface area contributed by atoms with Crippen molar-refractivity contribution >= 4 is 17.5 Å². The quantitative estimate of drug-likeness (QED) is 0.635. The van der Waals surface area contributed by atoms with Crippen LogP contribution < -0.4 is 20.1 Å². The molecule has 0 bridgehead atoms. The number of halogens is 1. The second-order valence-electron chi connectivity index (χ2n) is 7.64. The van der Waals surface area contributed by atoms with E-state index in [-0.39, 0.29) is 18.4 Å². The summed E-state index contributed by atoms with van der Waals surface area (Å²) < 4.78 is 23.8. The number of nitrogens with one attached hydrogen (secondary N) is 2. The van der Waals surface area contributed by atoms with Crippen LogP contribution in [0.4, 0.5) is 10.1 Å². The predicted molar refractivity (Wildman–Crippen MR) is 119 cm³/mol. The molecule has 172 valence electrons. The van der Waals surface area contributed by atoms with Crippen LogP contribution in [-0.2, 0) is 9.59 Å². The van der Waals surface area contributed by atoms with Crippen LogP contribution in [0.2, 0.25) is 0 Å². The molecule has 8 nitrogen and oxygen atoms in total. The molecule has 2 N–H and O–H groups in total. The zero-order valence-corrected chi connectivity index (χ0v) is 18.6. The van der Waals surface area contributed by atoms with E-state index < -0.39 is 11.8 Å². The molecule has 0 unspecified atom stereocenters. The summed E-state index contributed by atoms with van der Waals surface area (Å²) in [6.45, 7) is 3.64. The number of ether oxygens (including phenoxy) is 2. The Morgan fingerprint density at radius 3 is 2.25 bits per heavy atom. The molecule has 0 aromatic heterocycles. The number of anilines is 1. The molecule has 0 aliphatic carbocycles. The van der Waals surface area contributed by atoms with Crippen LogP contribution in [0.3, 0.4) is 0 Å². The summed E-state index contributed by atoms with van der Waals surface area (Å²) >= 11 is 0. The van der Waals surface area contributed by atoms with Gasteiger partial charge < -0.3 is 25.0 Å². The monoisotopic (exact) mass is 444 g/mol. The van der Waals surface area contributed by atoms with Crippen molar-refractivity contribution in [2.24, 2.45) is 0 Å². The fraction of sp³-hybridized carbons (Fsp3) is 0.391. The molecule has 3 rings (SSSR count). The molecule has 32 heavy (non-hydrogen) atoms. The number of hydrogen-bond donors (Lipinski definition) is 2. The standard InChI is InChI=1S/C23H29FN4O4/c1-27-10-12-28(13-11-27)19(16-4-6-17(24)7-5-16)15-25-22(29)23(30)26-18-8-9-20(31-2)21(14-18)32-3/h4-9,14,19H,10-13,15H2,1-3H3,(H,25,29)(H,26,30)/t19-/m1/s1. The van der Waals surface area contributed by atoms with E-state index in [2.05, 4.69) is 27.5 Å². The maximum absolute atomic E-state index is 13.4. The number of carbonyl (C=O) groups excluding carboxylic acids is 2. The number of carbonyl (C=O) groups is 2. The van der Waals surface area contributed by atoms with Gasteiger partial charge in [0.05, 0.1) is 20.3 Å². The lowest BCUT2D eigenvalue weighted by Gasteiger charge is -2.38. The second-order valence-corrected chi connectivity index (χ2v) is 7.64. The van der Waals surface area contributed by atoms with Gasteiger partial charge >= 0.3 is 11.8 Å². The van der Waals surface area contributed by atoms with Crippen LogP contribution >= 0.6 is 0 Å². The number of piperazine rings is 1. The van der Waals surface area contributed by atoms with Gasteiger partial charge in [-0.15, -0.1) is 0 Å². The Morgan fingerprint density at radius 1 is 0.969 bits per heavy atom. The van der Waals surface area contributed by atoms with Gasteiger partial charge in [0.2, 0.25) is 0 Å². The molecular weight excluding hydrogens is 415 g/mol. The van der Waals surface area contributed by atoms with Gasteiger partial charge in [-0.25, -0.2) is 4.39 Å². The Morgan fingerprint density at radius 2 is 1.62 bits per heavy atom.